The first-order chi connectivity index (χ1) is 9.08. The number of carbonyl (C=O) groups is 1. The smallest absolute Gasteiger partial charge is 0.241 e. The predicted octanol–water partition coefficient (Wildman–Crippen LogP) is 1.78. The summed E-state index contributed by atoms with van der Waals surface area (Å²) in [6.45, 7) is 5.33. The van der Waals surface area contributed by atoms with Gasteiger partial charge in [0.25, 0.3) is 0 Å². The van der Waals surface area contributed by atoms with Crippen LogP contribution in [0.1, 0.15) is 25.3 Å². The molecule has 2 atom stereocenters. The first-order valence-corrected chi connectivity index (χ1v) is 6.86. The van der Waals surface area contributed by atoms with Crippen LogP contribution in [-0.2, 0) is 4.79 Å². The van der Waals surface area contributed by atoms with Gasteiger partial charge < -0.3 is 10.4 Å². The quantitative estimate of drug-likeness (QED) is 0.873. The number of aryl methyl sites for hydroxylation is 1. The summed E-state index contributed by atoms with van der Waals surface area (Å²) < 4.78 is 0. The minimum Gasteiger partial charge on any atom is -0.392 e. The lowest BCUT2D eigenvalue weighted by Crippen LogP contribution is -2.48. The number of carbonyl (C=O) groups excluding carboxylic acids is 1. The molecule has 1 aliphatic heterocycles. The first kappa shape index (κ1) is 14.0. The van der Waals surface area contributed by atoms with E-state index < -0.39 is 0 Å². The number of hydrogen-bond acceptors (Lipinski definition) is 3. The van der Waals surface area contributed by atoms with Crippen LogP contribution < -0.4 is 5.32 Å². The zero-order valence-corrected chi connectivity index (χ0v) is 11.6. The Morgan fingerprint density at radius 2 is 2.21 bits per heavy atom. The normalized spacial score (nSPS) is 21.9. The van der Waals surface area contributed by atoms with Gasteiger partial charge >= 0.3 is 0 Å². The maximum atomic E-state index is 12.2. The van der Waals surface area contributed by atoms with E-state index in [-0.39, 0.29) is 18.1 Å². The Labute approximate surface area is 114 Å². The highest BCUT2D eigenvalue weighted by molar-refractivity contribution is 5.95. The molecule has 104 valence electrons. The SMILES string of the molecule is Cc1ccccc1NC(=O)C(C)N1CCCC(O)C1. The van der Waals surface area contributed by atoms with Crippen molar-refractivity contribution in [3.8, 4) is 0 Å². The molecule has 0 aliphatic carbocycles. The number of nitrogens with zero attached hydrogens (tertiary/aromatic N) is 1. The van der Waals surface area contributed by atoms with E-state index in [9.17, 15) is 9.90 Å². The molecule has 0 saturated carbocycles. The minimum absolute atomic E-state index is 0.0107. The molecule has 1 amide bonds. The minimum atomic E-state index is -0.303. The van der Waals surface area contributed by atoms with Crippen molar-refractivity contribution in [2.75, 3.05) is 18.4 Å². The third-order valence-electron chi connectivity index (χ3n) is 3.76. The average Bonchev–Trinajstić information content (AvgIpc) is 2.40. The van der Waals surface area contributed by atoms with Gasteiger partial charge in [-0.1, -0.05) is 18.2 Å². The zero-order chi connectivity index (χ0) is 13.8. The van der Waals surface area contributed by atoms with E-state index in [0.717, 1.165) is 30.6 Å². The lowest BCUT2D eigenvalue weighted by molar-refractivity contribution is -0.121. The summed E-state index contributed by atoms with van der Waals surface area (Å²) in [4.78, 5) is 14.3. The van der Waals surface area contributed by atoms with Gasteiger partial charge in [0, 0.05) is 12.2 Å². The molecule has 1 aliphatic rings. The van der Waals surface area contributed by atoms with Gasteiger partial charge in [-0.15, -0.1) is 0 Å². The Kier molecular flexibility index (Phi) is 4.56. The van der Waals surface area contributed by atoms with Gasteiger partial charge in [0.2, 0.25) is 5.91 Å². The van der Waals surface area contributed by atoms with E-state index in [2.05, 4.69) is 5.32 Å². The number of likely N-dealkylation sites (tertiary alicyclic amines) is 1. The van der Waals surface area contributed by atoms with Gasteiger partial charge in [0.05, 0.1) is 12.1 Å². The van der Waals surface area contributed by atoms with Crippen LogP contribution in [0.4, 0.5) is 5.69 Å². The maximum Gasteiger partial charge on any atom is 0.241 e. The van der Waals surface area contributed by atoms with Crippen molar-refractivity contribution >= 4 is 11.6 Å². The molecule has 1 heterocycles. The second-order valence-corrected chi connectivity index (χ2v) is 5.27. The van der Waals surface area contributed by atoms with Crippen LogP contribution in [0.2, 0.25) is 0 Å². The van der Waals surface area contributed by atoms with Gasteiger partial charge in [-0.3, -0.25) is 9.69 Å². The van der Waals surface area contributed by atoms with Crippen LogP contribution >= 0.6 is 0 Å². The number of benzene rings is 1. The monoisotopic (exact) mass is 262 g/mol. The van der Waals surface area contributed by atoms with Crippen LogP contribution in [0.15, 0.2) is 24.3 Å². The Bertz CT molecular complexity index is 448. The van der Waals surface area contributed by atoms with Crippen LogP contribution in [0.5, 0.6) is 0 Å². The second-order valence-electron chi connectivity index (χ2n) is 5.27. The Morgan fingerprint density at radius 1 is 1.47 bits per heavy atom. The van der Waals surface area contributed by atoms with E-state index in [1.807, 2.05) is 43.0 Å². The van der Waals surface area contributed by atoms with Crippen molar-refractivity contribution < 1.29 is 9.90 Å². The third kappa shape index (κ3) is 3.55. The van der Waals surface area contributed by atoms with Crippen LogP contribution in [0.3, 0.4) is 0 Å². The number of anilines is 1. The molecule has 1 aromatic carbocycles. The number of amides is 1. The molecule has 1 fully saturated rings. The summed E-state index contributed by atoms with van der Waals surface area (Å²) in [6, 6.07) is 7.54. The number of aliphatic hydroxyl groups excluding tert-OH is 1. The molecule has 4 heteroatoms. The van der Waals surface area contributed by atoms with Crippen molar-refractivity contribution in [2.45, 2.75) is 38.8 Å². The second kappa shape index (κ2) is 6.17. The van der Waals surface area contributed by atoms with Gasteiger partial charge in [-0.2, -0.15) is 0 Å². The van der Waals surface area contributed by atoms with Crippen molar-refractivity contribution in [3.63, 3.8) is 0 Å². The Morgan fingerprint density at radius 3 is 2.89 bits per heavy atom. The summed E-state index contributed by atoms with van der Waals surface area (Å²) in [7, 11) is 0. The molecule has 0 radical (unpaired) electrons. The Hall–Kier alpha value is -1.39. The van der Waals surface area contributed by atoms with Gasteiger partial charge in [0.1, 0.15) is 0 Å². The number of rotatable bonds is 3. The van der Waals surface area contributed by atoms with Crippen molar-refractivity contribution in [2.24, 2.45) is 0 Å². The Balaban J connectivity index is 1.97. The molecule has 2 unspecified atom stereocenters. The zero-order valence-electron chi connectivity index (χ0n) is 11.6. The molecular weight excluding hydrogens is 240 g/mol. The fraction of sp³-hybridized carbons (Fsp3) is 0.533. The van der Waals surface area contributed by atoms with Crippen LogP contribution in [0, 0.1) is 6.92 Å². The lowest BCUT2D eigenvalue weighted by atomic mass is 10.1. The van der Waals surface area contributed by atoms with Crippen LogP contribution in [0.25, 0.3) is 0 Å². The number of piperidine rings is 1. The summed E-state index contributed by atoms with van der Waals surface area (Å²) in [5.41, 5.74) is 1.92. The number of aliphatic hydroxyl groups is 1. The first-order valence-electron chi connectivity index (χ1n) is 6.86. The number of β-amino-alcohol motifs (C(OH)–C–C–N with tert-alkyl or cyclic N) is 1. The third-order valence-corrected chi connectivity index (χ3v) is 3.76. The molecule has 1 saturated heterocycles. The van der Waals surface area contributed by atoms with Crippen molar-refractivity contribution in [1.82, 2.24) is 4.90 Å². The van der Waals surface area contributed by atoms with E-state index in [1.165, 1.54) is 0 Å². The number of nitrogens with one attached hydrogen (secondary N) is 1. The van der Waals surface area contributed by atoms with Gasteiger partial charge in [-0.25, -0.2) is 0 Å². The molecule has 0 spiro atoms. The highest BCUT2D eigenvalue weighted by Gasteiger charge is 2.26. The van der Waals surface area contributed by atoms with E-state index >= 15 is 0 Å². The van der Waals surface area contributed by atoms with Crippen molar-refractivity contribution in [1.29, 1.82) is 0 Å². The molecule has 0 aromatic heterocycles. The topological polar surface area (TPSA) is 52.6 Å². The molecule has 0 bridgehead atoms. The summed E-state index contributed by atoms with van der Waals surface area (Å²) in [5, 5.41) is 12.6. The van der Waals surface area contributed by atoms with Crippen molar-refractivity contribution in [3.05, 3.63) is 29.8 Å². The maximum absolute atomic E-state index is 12.2. The fourth-order valence-corrected chi connectivity index (χ4v) is 2.45. The highest BCUT2D eigenvalue weighted by Crippen LogP contribution is 2.16. The summed E-state index contributed by atoms with van der Waals surface area (Å²) >= 11 is 0. The van der Waals surface area contributed by atoms with E-state index in [4.69, 9.17) is 0 Å². The average molecular weight is 262 g/mol. The largest absolute Gasteiger partial charge is 0.392 e. The molecule has 2 N–H and O–H groups in total. The number of hydrogen-bond donors (Lipinski definition) is 2. The highest BCUT2D eigenvalue weighted by atomic mass is 16.3. The lowest BCUT2D eigenvalue weighted by Gasteiger charge is -2.34. The van der Waals surface area contributed by atoms with E-state index in [1.54, 1.807) is 0 Å². The molecular formula is C15H22N2O2. The number of para-hydroxylation sites is 1. The molecule has 1 aromatic rings. The molecule has 19 heavy (non-hydrogen) atoms. The standard InChI is InChI=1S/C15H22N2O2/c1-11-6-3-4-8-14(11)16-15(19)12(2)17-9-5-7-13(18)10-17/h3-4,6,8,12-13,18H,5,7,9-10H2,1-2H3,(H,16,19). The predicted molar refractivity (Wildman–Crippen MR) is 76.1 cm³/mol. The fourth-order valence-electron chi connectivity index (χ4n) is 2.45. The van der Waals surface area contributed by atoms with Gasteiger partial charge in [-0.05, 0) is 44.9 Å². The summed E-state index contributed by atoms with van der Waals surface area (Å²) in [5.74, 6) is -0.0107. The summed E-state index contributed by atoms with van der Waals surface area (Å²) in [6.07, 6.45) is 1.48. The van der Waals surface area contributed by atoms with Crippen LogP contribution in [-0.4, -0.2) is 41.1 Å². The molecule has 2 rings (SSSR count). The molecule has 4 nitrogen and oxygen atoms in total. The van der Waals surface area contributed by atoms with E-state index in [0.29, 0.717) is 6.54 Å². The van der Waals surface area contributed by atoms with Gasteiger partial charge in [0.15, 0.2) is 0 Å².